The fraction of sp³-hybridized carbons (Fsp3) is 0.389. The molecule has 0 aliphatic carbocycles. The number of hydrogen-bond donors (Lipinski definition) is 1. The summed E-state index contributed by atoms with van der Waals surface area (Å²) in [6.07, 6.45) is 2.38. The molecular formula is C18H22N2O2S. The van der Waals surface area contributed by atoms with Crippen LogP contribution in [0.25, 0.3) is 0 Å². The molecule has 0 radical (unpaired) electrons. The fourth-order valence-corrected chi connectivity index (χ4v) is 3.95. The van der Waals surface area contributed by atoms with E-state index in [0.717, 1.165) is 31.9 Å². The average molecular weight is 330 g/mol. The highest BCUT2D eigenvalue weighted by molar-refractivity contribution is 7.09. The van der Waals surface area contributed by atoms with Gasteiger partial charge >= 0.3 is 0 Å². The largest absolute Gasteiger partial charge is 0.545 e. The van der Waals surface area contributed by atoms with Crippen molar-refractivity contribution in [3.8, 4) is 0 Å². The first kappa shape index (κ1) is 16.0. The zero-order chi connectivity index (χ0) is 16.1. The van der Waals surface area contributed by atoms with Gasteiger partial charge in [-0.25, -0.2) is 0 Å². The molecule has 1 aromatic carbocycles. The van der Waals surface area contributed by atoms with Crippen LogP contribution in [0, 0.1) is 0 Å². The highest BCUT2D eigenvalue weighted by Crippen LogP contribution is 2.19. The molecular weight excluding hydrogens is 308 g/mol. The van der Waals surface area contributed by atoms with E-state index in [4.69, 9.17) is 0 Å². The van der Waals surface area contributed by atoms with Crippen LogP contribution >= 0.6 is 11.3 Å². The number of para-hydroxylation sites is 1. The third kappa shape index (κ3) is 4.12. The predicted molar refractivity (Wildman–Crippen MR) is 91.2 cm³/mol. The first-order chi connectivity index (χ1) is 11.2. The monoisotopic (exact) mass is 330 g/mol. The van der Waals surface area contributed by atoms with E-state index in [1.54, 1.807) is 17.0 Å². The average Bonchev–Trinajstić information content (AvgIpc) is 3.09. The molecule has 3 rings (SSSR count). The van der Waals surface area contributed by atoms with Crippen LogP contribution in [0.1, 0.15) is 21.7 Å². The van der Waals surface area contributed by atoms with Crippen molar-refractivity contribution in [1.82, 2.24) is 0 Å². The number of piperazine rings is 1. The number of aromatic carboxylic acids is 1. The summed E-state index contributed by atoms with van der Waals surface area (Å²) >= 11 is 1.83. The zero-order valence-electron chi connectivity index (χ0n) is 13.2. The fourth-order valence-electron chi connectivity index (χ4n) is 3.20. The van der Waals surface area contributed by atoms with Crippen molar-refractivity contribution >= 4 is 23.0 Å². The number of hydrogen-bond acceptors (Lipinski definition) is 4. The maximum atomic E-state index is 11.2. The quantitative estimate of drug-likeness (QED) is 0.837. The maximum absolute atomic E-state index is 11.2. The minimum atomic E-state index is -1.09. The van der Waals surface area contributed by atoms with Crippen LogP contribution in [0.2, 0.25) is 0 Å². The molecule has 2 heterocycles. The summed E-state index contributed by atoms with van der Waals surface area (Å²) in [4.78, 5) is 16.5. The Morgan fingerprint density at radius 1 is 1.17 bits per heavy atom. The summed E-state index contributed by atoms with van der Waals surface area (Å²) in [5.74, 6) is -1.09. The molecule has 0 unspecified atom stereocenters. The van der Waals surface area contributed by atoms with Crippen LogP contribution in [0.15, 0.2) is 41.8 Å². The van der Waals surface area contributed by atoms with Crippen molar-refractivity contribution in [1.29, 1.82) is 0 Å². The third-order valence-corrected chi connectivity index (χ3v) is 5.40. The van der Waals surface area contributed by atoms with Gasteiger partial charge in [-0.3, -0.25) is 0 Å². The first-order valence-corrected chi connectivity index (χ1v) is 9.03. The molecule has 5 heteroatoms. The van der Waals surface area contributed by atoms with Crippen molar-refractivity contribution in [3.05, 3.63) is 52.2 Å². The minimum Gasteiger partial charge on any atom is -0.545 e. The van der Waals surface area contributed by atoms with Gasteiger partial charge < -0.3 is 19.7 Å². The highest BCUT2D eigenvalue weighted by atomic mass is 32.1. The van der Waals surface area contributed by atoms with Gasteiger partial charge in [0.15, 0.2) is 0 Å². The standard InChI is InChI=1S/C18H22N2O2S/c21-18(22)16-7-1-2-8-17(16)20-12-10-19(11-13-20)9-3-5-15-6-4-14-23-15/h1-2,4,6-8,14H,3,5,9-13H2,(H,21,22). The maximum Gasteiger partial charge on any atom is 0.0949 e. The van der Waals surface area contributed by atoms with E-state index >= 15 is 0 Å². The molecule has 0 spiro atoms. The molecule has 1 aliphatic heterocycles. The van der Waals surface area contributed by atoms with E-state index < -0.39 is 5.97 Å². The van der Waals surface area contributed by atoms with E-state index in [9.17, 15) is 9.90 Å². The number of nitrogens with one attached hydrogen (secondary N) is 1. The molecule has 0 saturated carbocycles. The third-order valence-electron chi connectivity index (χ3n) is 4.47. The number of carbonyl (C=O) groups is 1. The summed E-state index contributed by atoms with van der Waals surface area (Å²) in [5, 5.41) is 13.4. The topological polar surface area (TPSA) is 47.8 Å². The van der Waals surface area contributed by atoms with Crippen molar-refractivity contribution in [2.75, 3.05) is 37.6 Å². The Morgan fingerprint density at radius 3 is 2.65 bits per heavy atom. The van der Waals surface area contributed by atoms with Crippen molar-refractivity contribution in [2.24, 2.45) is 0 Å². The van der Waals surface area contributed by atoms with Gasteiger partial charge in [0.05, 0.1) is 38.7 Å². The van der Waals surface area contributed by atoms with Gasteiger partial charge in [-0.1, -0.05) is 24.3 Å². The lowest BCUT2D eigenvalue weighted by Crippen LogP contribution is -3.14. The number of carboxylic acids is 1. The van der Waals surface area contributed by atoms with Crippen molar-refractivity contribution < 1.29 is 14.8 Å². The molecule has 1 saturated heterocycles. The minimum absolute atomic E-state index is 0.300. The molecule has 0 amide bonds. The van der Waals surface area contributed by atoms with Gasteiger partial charge in [0.2, 0.25) is 0 Å². The zero-order valence-corrected chi connectivity index (χ0v) is 14.0. The molecule has 1 fully saturated rings. The van der Waals surface area contributed by atoms with E-state index in [2.05, 4.69) is 22.4 Å². The molecule has 2 aromatic rings. The van der Waals surface area contributed by atoms with Crippen molar-refractivity contribution in [2.45, 2.75) is 12.8 Å². The van der Waals surface area contributed by atoms with Gasteiger partial charge in [-0.2, -0.15) is 0 Å². The molecule has 1 aliphatic rings. The number of nitrogens with zero attached hydrogens (tertiary/aromatic N) is 1. The van der Waals surface area contributed by atoms with Crippen molar-refractivity contribution in [3.63, 3.8) is 0 Å². The second kappa shape index (κ2) is 7.62. The number of thiophene rings is 1. The number of carbonyl (C=O) groups excluding carboxylic acids is 1. The van der Waals surface area contributed by atoms with Gasteiger partial charge in [0, 0.05) is 22.5 Å². The lowest BCUT2D eigenvalue weighted by atomic mass is 10.1. The number of rotatable bonds is 6. The van der Waals surface area contributed by atoms with Gasteiger partial charge in [0.1, 0.15) is 0 Å². The summed E-state index contributed by atoms with van der Waals surface area (Å²) in [6.45, 7) is 5.11. The SMILES string of the molecule is O=C([O-])c1ccccc1N1CC[NH+](CCCc2cccs2)CC1. The van der Waals surface area contributed by atoms with Gasteiger partial charge in [0.25, 0.3) is 0 Å². The second-order valence-electron chi connectivity index (χ2n) is 5.97. The Bertz CT molecular complexity index is 634. The van der Waals surface area contributed by atoms with E-state index in [1.807, 2.05) is 23.5 Å². The molecule has 0 atom stereocenters. The Morgan fingerprint density at radius 2 is 1.96 bits per heavy atom. The molecule has 122 valence electrons. The normalized spacial score (nSPS) is 15.7. The summed E-state index contributed by atoms with van der Waals surface area (Å²) < 4.78 is 0. The Hall–Kier alpha value is -1.85. The van der Waals surface area contributed by atoms with Gasteiger partial charge in [-0.05, 0) is 23.9 Å². The van der Waals surface area contributed by atoms with Gasteiger partial charge in [-0.15, -0.1) is 11.3 Å². The molecule has 1 N–H and O–H groups in total. The van der Waals surface area contributed by atoms with E-state index in [0.29, 0.717) is 5.56 Å². The van der Waals surface area contributed by atoms with Crippen LogP contribution in [0.4, 0.5) is 5.69 Å². The van der Waals surface area contributed by atoms with Crippen LogP contribution < -0.4 is 14.9 Å². The molecule has 4 nitrogen and oxygen atoms in total. The number of carboxylic acid groups (broad SMARTS) is 1. The predicted octanol–water partition coefficient (Wildman–Crippen LogP) is 0.449. The molecule has 23 heavy (non-hydrogen) atoms. The number of aryl methyl sites for hydroxylation is 1. The van der Waals surface area contributed by atoms with Crippen LogP contribution in [-0.2, 0) is 6.42 Å². The Labute approximate surface area is 141 Å². The molecule has 0 bridgehead atoms. The second-order valence-corrected chi connectivity index (χ2v) is 7.01. The van der Waals surface area contributed by atoms with E-state index in [-0.39, 0.29) is 0 Å². The summed E-state index contributed by atoms with van der Waals surface area (Å²) in [6, 6.07) is 11.5. The summed E-state index contributed by atoms with van der Waals surface area (Å²) in [7, 11) is 0. The highest BCUT2D eigenvalue weighted by Gasteiger charge is 2.21. The van der Waals surface area contributed by atoms with Crippen LogP contribution in [0.5, 0.6) is 0 Å². The lowest BCUT2D eigenvalue weighted by Gasteiger charge is -2.34. The lowest BCUT2D eigenvalue weighted by molar-refractivity contribution is -0.900. The number of quaternary nitrogens is 1. The first-order valence-electron chi connectivity index (χ1n) is 8.15. The smallest absolute Gasteiger partial charge is 0.0949 e. The van der Waals surface area contributed by atoms with Crippen LogP contribution in [-0.4, -0.2) is 38.7 Å². The summed E-state index contributed by atoms with van der Waals surface area (Å²) in [5.41, 5.74) is 1.10. The molecule has 1 aromatic heterocycles. The number of benzene rings is 1. The Kier molecular flexibility index (Phi) is 5.31. The van der Waals surface area contributed by atoms with E-state index in [1.165, 1.54) is 24.3 Å². The van der Waals surface area contributed by atoms with Crippen LogP contribution in [0.3, 0.4) is 0 Å². The number of anilines is 1. The Balaban J connectivity index is 1.49.